The number of rotatable bonds is 10. The van der Waals surface area contributed by atoms with Gasteiger partial charge < -0.3 is 18.9 Å². The molecule has 0 fully saturated rings. The predicted molar refractivity (Wildman–Crippen MR) is 168 cm³/mol. The van der Waals surface area contributed by atoms with Gasteiger partial charge in [0.1, 0.15) is 39.6 Å². The number of imidazole rings is 2. The molecule has 10 nitrogen and oxygen atoms in total. The smallest absolute Gasteiger partial charge is 0.332 e. The number of hydrogen-bond donors (Lipinski definition) is 0. The van der Waals surface area contributed by atoms with Crippen LogP contribution in [0.5, 0.6) is 0 Å². The van der Waals surface area contributed by atoms with Gasteiger partial charge in [0.25, 0.3) is 0 Å². The largest absolute Gasteiger partial charge is 0.464 e. The number of halogens is 1. The fraction of sp³-hybridized carbons (Fsp3) is 0.250. The van der Waals surface area contributed by atoms with Gasteiger partial charge in [-0.15, -0.1) is 0 Å². The predicted octanol–water partition coefficient (Wildman–Crippen LogP) is 4.83. The van der Waals surface area contributed by atoms with Crippen molar-refractivity contribution in [1.29, 1.82) is 0 Å². The SMILES string of the molecule is CCOC(=O)COCc1nc2ccccn2c1C#Cc1ccccc1.CCOC(=O)COCc1nc2ccccn2c1I. The Bertz CT molecular complexity index is 1720. The Balaban J connectivity index is 0.000000208. The first-order valence-corrected chi connectivity index (χ1v) is 14.7. The second-order valence-electron chi connectivity index (χ2n) is 8.83. The molecule has 1 aromatic carbocycles. The maximum atomic E-state index is 11.4. The van der Waals surface area contributed by atoms with Crippen molar-refractivity contribution < 1.29 is 28.5 Å². The van der Waals surface area contributed by atoms with Crippen LogP contribution < -0.4 is 0 Å². The Morgan fingerprint density at radius 2 is 1.26 bits per heavy atom. The summed E-state index contributed by atoms with van der Waals surface area (Å²) in [5, 5.41) is 0. The summed E-state index contributed by atoms with van der Waals surface area (Å²) in [6.45, 7) is 4.59. The number of nitrogens with zero attached hydrogens (tertiary/aromatic N) is 4. The van der Waals surface area contributed by atoms with Gasteiger partial charge in [-0.25, -0.2) is 19.6 Å². The number of benzene rings is 1. The fourth-order valence-corrected chi connectivity index (χ4v) is 4.59. The Labute approximate surface area is 263 Å². The van der Waals surface area contributed by atoms with Crippen LogP contribution in [0.2, 0.25) is 0 Å². The molecule has 0 aliphatic rings. The summed E-state index contributed by atoms with van der Waals surface area (Å²) >= 11 is 2.21. The maximum absolute atomic E-state index is 11.4. The third-order valence-corrected chi connectivity index (χ3v) is 6.91. The first-order chi connectivity index (χ1) is 21.0. The molecule has 11 heteroatoms. The van der Waals surface area contributed by atoms with Crippen LogP contribution in [-0.2, 0) is 41.8 Å². The van der Waals surface area contributed by atoms with Crippen LogP contribution in [-0.4, -0.2) is 57.1 Å². The standard InChI is InChI=1S/C20H18N2O3.C12H13IN2O3/c1-2-25-20(23)15-24-14-17-18(12-11-16-8-4-3-5-9-16)22-13-7-6-10-19(22)21-17;1-2-18-11(16)8-17-7-9-12(13)15-6-4-3-5-10(15)14-9/h3-10,13H,2,14-15H2,1H3;3-6H,2,7-8H2,1H3. The second-order valence-corrected chi connectivity index (χ2v) is 9.85. The van der Waals surface area contributed by atoms with E-state index in [0.29, 0.717) is 25.5 Å². The lowest BCUT2D eigenvalue weighted by molar-refractivity contribution is -0.149. The van der Waals surface area contributed by atoms with Gasteiger partial charge in [-0.3, -0.25) is 8.80 Å². The molecule has 0 aliphatic carbocycles. The van der Waals surface area contributed by atoms with Crippen LogP contribution in [0.4, 0.5) is 0 Å². The van der Waals surface area contributed by atoms with E-state index in [0.717, 1.165) is 31.9 Å². The third kappa shape index (κ3) is 9.12. The average molecular weight is 695 g/mol. The Morgan fingerprint density at radius 3 is 1.86 bits per heavy atom. The summed E-state index contributed by atoms with van der Waals surface area (Å²) in [4.78, 5) is 31.5. The van der Waals surface area contributed by atoms with Crippen LogP contribution in [0.1, 0.15) is 36.5 Å². The molecule has 0 saturated heterocycles. The summed E-state index contributed by atoms with van der Waals surface area (Å²) < 4.78 is 25.2. The molecule has 43 heavy (non-hydrogen) atoms. The van der Waals surface area contributed by atoms with Crippen molar-refractivity contribution in [2.75, 3.05) is 26.4 Å². The zero-order valence-corrected chi connectivity index (χ0v) is 26.0. The normalized spacial score (nSPS) is 10.5. The monoisotopic (exact) mass is 694 g/mol. The van der Waals surface area contributed by atoms with E-state index in [-0.39, 0.29) is 31.8 Å². The summed E-state index contributed by atoms with van der Waals surface area (Å²) in [6.07, 6.45) is 3.85. The fourth-order valence-electron chi connectivity index (χ4n) is 3.90. The quantitative estimate of drug-likeness (QED) is 0.116. The van der Waals surface area contributed by atoms with Gasteiger partial charge in [-0.1, -0.05) is 36.3 Å². The highest BCUT2D eigenvalue weighted by Gasteiger charge is 2.12. The van der Waals surface area contributed by atoms with Crippen LogP contribution >= 0.6 is 22.6 Å². The van der Waals surface area contributed by atoms with Crippen molar-refractivity contribution >= 4 is 45.8 Å². The zero-order chi connectivity index (χ0) is 30.4. The van der Waals surface area contributed by atoms with Crippen molar-refractivity contribution in [2.45, 2.75) is 27.1 Å². The van der Waals surface area contributed by atoms with Gasteiger partial charge in [-0.05, 0) is 78.8 Å². The summed E-state index contributed by atoms with van der Waals surface area (Å²) in [5.74, 6) is 5.57. The van der Waals surface area contributed by atoms with Crippen molar-refractivity contribution in [3.8, 4) is 11.8 Å². The third-order valence-electron chi connectivity index (χ3n) is 5.77. The van der Waals surface area contributed by atoms with Crippen molar-refractivity contribution in [3.05, 3.63) is 105 Å². The van der Waals surface area contributed by atoms with E-state index in [1.54, 1.807) is 13.8 Å². The van der Waals surface area contributed by atoms with Gasteiger partial charge in [0.05, 0.1) is 32.1 Å². The molecule has 0 saturated carbocycles. The first kappa shape index (κ1) is 31.7. The molecular formula is C32H31IN4O6. The summed E-state index contributed by atoms with van der Waals surface area (Å²) in [5.41, 5.74) is 4.85. The molecule has 0 bridgehead atoms. The van der Waals surface area contributed by atoms with Crippen LogP contribution in [0, 0.1) is 15.5 Å². The number of esters is 2. The lowest BCUT2D eigenvalue weighted by Gasteiger charge is -2.02. The van der Waals surface area contributed by atoms with Crippen molar-refractivity contribution in [2.24, 2.45) is 0 Å². The number of carbonyl (C=O) groups excluding carboxylic acids is 2. The topological polar surface area (TPSA) is 106 Å². The van der Waals surface area contributed by atoms with E-state index in [1.165, 1.54) is 0 Å². The van der Waals surface area contributed by atoms with Crippen molar-refractivity contribution in [3.63, 3.8) is 0 Å². The minimum Gasteiger partial charge on any atom is -0.464 e. The number of aromatic nitrogens is 4. The molecular weight excluding hydrogens is 663 g/mol. The van der Waals surface area contributed by atoms with Gasteiger partial charge >= 0.3 is 11.9 Å². The van der Waals surface area contributed by atoms with Crippen molar-refractivity contribution in [1.82, 2.24) is 18.8 Å². The molecule has 0 radical (unpaired) electrons. The van der Waals surface area contributed by atoms with E-state index in [1.807, 2.05) is 87.9 Å². The van der Waals surface area contributed by atoms with E-state index < -0.39 is 0 Å². The molecule has 5 aromatic rings. The Hall–Kier alpha value is -4.25. The summed E-state index contributed by atoms with van der Waals surface area (Å²) in [7, 11) is 0. The second kappa shape index (κ2) is 16.4. The molecule has 0 N–H and O–H groups in total. The lowest BCUT2D eigenvalue weighted by atomic mass is 10.2. The molecule has 0 amide bonds. The van der Waals surface area contributed by atoms with Gasteiger partial charge in [0.2, 0.25) is 0 Å². The van der Waals surface area contributed by atoms with E-state index in [4.69, 9.17) is 18.9 Å². The molecule has 0 spiro atoms. The Morgan fingerprint density at radius 1 is 0.721 bits per heavy atom. The lowest BCUT2D eigenvalue weighted by Crippen LogP contribution is -2.12. The van der Waals surface area contributed by atoms with E-state index in [2.05, 4.69) is 44.4 Å². The number of hydrogen-bond acceptors (Lipinski definition) is 8. The number of carbonyl (C=O) groups is 2. The van der Waals surface area contributed by atoms with Gasteiger partial charge in [-0.2, -0.15) is 0 Å². The number of ether oxygens (including phenoxy) is 4. The Kier molecular flexibility index (Phi) is 12.1. The first-order valence-electron chi connectivity index (χ1n) is 13.6. The van der Waals surface area contributed by atoms with Gasteiger partial charge in [0.15, 0.2) is 0 Å². The van der Waals surface area contributed by atoms with Crippen LogP contribution in [0.25, 0.3) is 11.3 Å². The number of pyridine rings is 2. The molecule has 0 atom stereocenters. The molecule has 0 aliphatic heterocycles. The highest BCUT2D eigenvalue weighted by atomic mass is 127. The zero-order valence-electron chi connectivity index (χ0n) is 23.9. The summed E-state index contributed by atoms with van der Waals surface area (Å²) in [6, 6.07) is 21.3. The molecule has 5 rings (SSSR count). The number of fused-ring (bicyclic) bond motifs is 2. The molecule has 4 aromatic heterocycles. The molecule has 222 valence electrons. The maximum Gasteiger partial charge on any atom is 0.332 e. The van der Waals surface area contributed by atoms with E-state index >= 15 is 0 Å². The average Bonchev–Trinajstić information content (AvgIpc) is 3.54. The molecule has 4 heterocycles. The highest BCUT2D eigenvalue weighted by Crippen LogP contribution is 2.16. The van der Waals surface area contributed by atoms with Gasteiger partial charge in [0, 0.05) is 18.0 Å². The van der Waals surface area contributed by atoms with E-state index in [9.17, 15) is 9.59 Å². The molecule has 0 unspecified atom stereocenters. The van der Waals surface area contributed by atoms with Crippen LogP contribution in [0.3, 0.4) is 0 Å². The van der Waals surface area contributed by atoms with Crippen LogP contribution in [0.15, 0.2) is 79.1 Å². The minimum atomic E-state index is -0.386. The highest BCUT2D eigenvalue weighted by molar-refractivity contribution is 14.1. The minimum absolute atomic E-state index is 0.0439.